The Morgan fingerprint density at radius 3 is 3.00 bits per heavy atom. The molecule has 5 nitrogen and oxygen atoms in total. The van der Waals surface area contributed by atoms with Gasteiger partial charge in [-0.2, -0.15) is 5.10 Å². The lowest BCUT2D eigenvalue weighted by Gasteiger charge is -1.95. The van der Waals surface area contributed by atoms with Crippen LogP contribution in [0.1, 0.15) is 10.5 Å². The third kappa shape index (κ3) is 1.14. The first-order valence-corrected chi connectivity index (χ1v) is 3.76. The SMILES string of the molecule is Cn1ncc2cc(C(N)=O)ncc21. The molecular weight excluding hydrogens is 168 g/mol. The number of carbonyl (C=O) groups excluding carboxylic acids is 1. The Morgan fingerprint density at radius 2 is 2.31 bits per heavy atom. The van der Waals surface area contributed by atoms with Crippen molar-refractivity contribution in [3.63, 3.8) is 0 Å². The maximum Gasteiger partial charge on any atom is 0.267 e. The molecule has 0 aliphatic rings. The quantitative estimate of drug-likeness (QED) is 0.668. The number of primary amides is 1. The number of hydrogen-bond acceptors (Lipinski definition) is 3. The van der Waals surface area contributed by atoms with Crippen LogP contribution in [0.2, 0.25) is 0 Å². The van der Waals surface area contributed by atoms with Gasteiger partial charge in [0.25, 0.3) is 5.91 Å². The molecule has 1 amide bonds. The van der Waals surface area contributed by atoms with Crippen LogP contribution in [0.3, 0.4) is 0 Å². The summed E-state index contributed by atoms with van der Waals surface area (Å²) in [5.41, 5.74) is 6.23. The average Bonchev–Trinajstić information content (AvgIpc) is 2.47. The lowest BCUT2D eigenvalue weighted by atomic mass is 10.2. The minimum absolute atomic E-state index is 0.264. The molecule has 0 atom stereocenters. The van der Waals surface area contributed by atoms with Gasteiger partial charge in [-0.25, -0.2) is 4.98 Å². The highest BCUT2D eigenvalue weighted by atomic mass is 16.1. The zero-order valence-electron chi connectivity index (χ0n) is 7.06. The van der Waals surface area contributed by atoms with E-state index in [0.29, 0.717) is 0 Å². The number of nitrogens with zero attached hydrogens (tertiary/aromatic N) is 3. The first-order chi connectivity index (χ1) is 6.18. The zero-order chi connectivity index (χ0) is 9.42. The highest BCUT2D eigenvalue weighted by Crippen LogP contribution is 2.11. The normalized spacial score (nSPS) is 10.5. The van der Waals surface area contributed by atoms with Gasteiger partial charge in [-0.3, -0.25) is 9.48 Å². The number of aromatic nitrogens is 3. The van der Waals surface area contributed by atoms with E-state index in [2.05, 4.69) is 10.1 Å². The molecule has 2 rings (SSSR count). The van der Waals surface area contributed by atoms with Gasteiger partial charge >= 0.3 is 0 Å². The van der Waals surface area contributed by atoms with Gasteiger partial charge in [-0.05, 0) is 6.07 Å². The molecule has 13 heavy (non-hydrogen) atoms. The van der Waals surface area contributed by atoms with Gasteiger partial charge in [0.15, 0.2) is 0 Å². The van der Waals surface area contributed by atoms with Crippen LogP contribution < -0.4 is 5.73 Å². The van der Waals surface area contributed by atoms with Crippen molar-refractivity contribution in [1.29, 1.82) is 0 Å². The van der Waals surface area contributed by atoms with Crippen LogP contribution >= 0.6 is 0 Å². The van der Waals surface area contributed by atoms with E-state index in [9.17, 15) is 4.79 Å². The molecule has 0 fully saturated rings. The minimum Gasteiger partial charge on any atom is -0.364 e. The fraction of sp³-hybridized carbons (Fsp3) is 0.125. The first kappa shape index (κ1) is 7.72. The topological polar surface area (TPSA) is 73.8 Å². The third-order valence-electron chi connectivity index (χ3n) is 1.89. The van der Waals surface area contributed by atoms with E-state index in [1.54, 1.807) is 23.1 Å². The van der Waals surface area contributed by atoms with Gasteiger partial charge in [-0.15, -0.1) is 0 Å². The molecule has 0 saturated carbocycles. The third-order valence-corrected chi connectivity index (χ3v) is 1.89. The van der Waals surface area contributed by atoms with E-state index in [1.165, 1.54) is 0 Å². The van der Waals surface area contributed by atoms with Crippen LogP contribution in [0.25, 0.3) is 10.9 Å². The summed E-state index contributed by atoms with van der Waals surface area (Å²) in [6.07, 6.45) is 3.26. The van der Waals surface area contributed by atoms with E-state index in [4.69, 9.17) is 5.73 Å². The lowest BCUT2D eigenvalue weighted by molar-refractivity contribution is 0.0996. The molecule has 2 aromatic heterocycles. The second kappa shape index (κ2) is 2.55. The van der Waals surface area contributed by atoms with Crippen LogP contribution in [0, 0.1) is 0 Å². The highest BCUT2D eigenvalue weighted by molar-refractivity contribution is 5.94. The summed E-state index contributed by atoms with van der Waals surface area (Å²) < 4.78 is 1.69. The predicted molar refractivity (Wildman–Crippen MR) is 47.0 cm³/mol. The average molecular weight is 176 g/mol. The molecule has 2 heterocycles. The van der Waals surface area contributed by atoms with Crippen molar-refractivity contribution in [2.45, 2.75) is 0 Å². The highest BCUT2D eigenvalue weighted by Gasteiger charge is 2.05. The molecule has 0 saturated heterocycles. The van der Waals surface area contributed by atoms with Gasteiger partial charge in [0.2, 0.25) is 0 Å². The number of fused-ring (bicyclic) bond motifs is 1. The number of pyridine rings is 1. The van der Waals surface area contributed by atoms with Gasteiger partial charge < -0.3 is 5.73 Å². The first-order valence-electron chi connectivity index (χ1n) is 3.76. The molecule has 0 unspecified atom stereocenters. The fourth-order valence-electron chi connectivity index (χ4n) is 1.18. The number of aryl methyl sites for hydroxylation is 1. The predicted octanol–water partition coefficient (Wildman–Crippen LogP) is 0.0672. The van der Waals surface area contributed by atoms with Crippen molar-refractivity contribution in [3.8, 4) is 0 Å². The van der Waals surface area contributed by atoms with Crippen LogP contribution in [0.4, 0.5) is 0 Å². The zero-order valence-corrected chi connectivity index (χ0v) is 7.06. The summed E-state index contributed by atoms with van der Waals surface area (Å²) in [5, 5.41) is 4.89. The Balaban J connectivity index is 2.70. The maximum absolute atomic E-state index is 10.8. The summed E-state index contributed by atoms with van der Waals surface area (Å²) >= 11 is 0. The molecule has 0 radical (unpaired) electrons. The van der Waals surface area contributed by atoms with Crippen molar-refractivity contribution >= 4 is 16.8 Å². The van der Waals surface area contributed by atoms with Crippen molar-refractivity contribution in [1.82, 2.24) is 14.8 Å². The Hall–Kier alpha value is -1.91. The van der Waals surface area contributed by atoms with Crippen molar-refractivity contribution in [2.24, 2.45) is 12.8 Å². The van der Waals surface area contributed by atoms with Crippen molar-refractivity contribution in [2.75, 3.05) is 0 Å². The molecule has 5 heteroatoms. The second-order valence-corrected chi connectivity index (χ2v) is 2.76. The molecule has 2 aromatic rings. The van der Waals surface area contributed by atoms with Gasteiger partial charge in [-0.1, -0.05) is 0 Å². The van der Waals surface area contributed by atoms with Gasteiger partial charge in [0.1, 0.15) is 5.69 Å². The number of nitrogens with two attached hydrogens (primary N) is 1. The minimum atomic E-state index is -0.522. The van der Waals surface area contributed by atoms with Crippen molar-refractivity contribution in [3.05, 3.63) is 24.2 Å². The number of amides is 1. The van der Waals surface area contributed by atoms with Crippen LogP contribution in [0.15, 0.2) is 18.5 Å². The Morgan fingerprint density at radius 1 is 1.54 bits per heavy atom. The van der Waals surface area contributed by atoms with Crippen LogP contribution in [-0.2, 0) is 7.05 Å². The molecule has 0 spiro atoms. The summed E-state index contributed by atoms with van der Waals surface area (Å²) in [6.45, 7) is 0. The monoisotopic (exact) mass is 176 g/mol. The van der Waals surface area contributed by atoms with Gasteiger partial charge in [0.05, 0.1) is 17.9 Å². The summed E-state index contributed by atoms with van der Waals surface area (Å²) in [5.74, 6) is -0.522. The van der Waals surface area contributed by atoms with Crippen molar-refractivity contribution < 1.29 is 4.79 Å². The Bertz CT molecular complexity index is 474. The molecular formula is C8H8N4O. The molecule has 0 aromatic carbocycles. The number of carbonyl (C=O) groups is 1. The number of rotatable bonds is 1. The van der Waals surface area contributed by atoms with E-state index < -0.39 is 5.91 Å². The van der Waals surface area contributed by atoms with E-state index >= 15 is 0 Å². The summed E-state index contributed by atoms with van der Waals surface area (Å²) in [6, 6.07) is 1.63. The van der Waals surface area contributed by atoms with Gasteiger partial charge in [0, 0.05) is 12.4 Å². The second-order valence-electron chi connectivity index (χ2n) is 2.76. The molecule has 0 aliphatic heterocycles. The summed E-state index contributed by atoms with van der Waals surface area (Å²) in [7, 11) is 1.81. The lowest BCUT2D eigenvalue weighted by Crippen LogP contribution is -2.12. The molecule has 0 aliphatic carbocycles. The Kier molecular flexibility index (Phi) is 1.51. The summed E-state index contributed by atoms with van der Waals surface area (Å²) in [4.78, 5) is 14.7. The molecule has 66 valence electrons. The fourth-order valence-corrected chi connectivity index (χ4v) is 1.18. The number of hydrogen-bond donors (Lipinski definition) is 1. The maximum atomic E-state index is 10.8. The van der Waals surface area contributed by atoms with Crippen LogP contribution in [-0.4, -0.2) is 20.7 Å². The largest absolute Gasteiger partial charge is 0.364 e. The van der Waals surface area contributed by atoms with Crippen LogP contribution in [0.5, 0.6) is 0 Å². The molecule has 0 bridgehead atoms. The Labute approximate surface area is 74.2 Å². The smallest absolute Gasteiger partial charge is 0.267 e. The van der Waals surface area contributed by atoms with E-state index in [1.807, 2.05) is 7.05 Å². The standard InChI is InChI=1S/C8H8N4O/c1-12-7-4-10-6(8(9)13)2-5(7)3-11-12/h2-4H,1H3,(H2,9,13). The molecule has 2 N–H and O–H groups in total. The van der Waals surface area contributed by atoms with E-state index in [-0.39, 0.29) is 5.69 Å². The van der Waals surface area contributed by atoms with E-state index in [0.717, 1.165) is 10.9 Å².